The topological polar surface area (TPSA) is 83.9 Å². The van der Waals surface area contributed by atoms with Gasteiger partial charge in [-0.2, -0.15) is 0 Å². The van der Waals surface area contributed by atoms with Crippen molar-refractivity contribution in [2.75, 3.05) is 6.61 Å². The van der Waals surface area contributed by atoms with Gasteiger partial charge in [0.2, 0.25) is 0 Å². The lowest BCUT2D eigenvalue weighted by molar-refractivity contribution is -0.145. The molecule has 1 amide bonds. The number of benzene rings is 3. The van der Waals surface area contributed by atoms with Gasteiger partial charge in [0.15, 0.2) is 12.4 Å². The largest absolute Gasteiger partial charge is 0.485 e. The number of hydrogen-bond donors (Lipinski definition) is 1. The predicted octanol–water partition coefficient (Wildman–Crippen LogP) is 5.50. The maximum absolute atomic E-state index is 13.1. The number of ketones is 1. The van der Waals surface area contributed by atoms with Crippen molar-refractivity contribution in [2.24, 2.45) is 0 Å². The van der Waals surface area contributed by atoms with E-state index in [1.165, 1.54) is 4.90 Å². The van der Waals surface area contributed by atoms with Crippen LogP contribution in [0.4, 0.5) is 0 Å². The molecule has 6 nitrogen and oxygen atoms in total. The summed E-state index contributed by atoms with van der Waals surface area (Å²) >= 11 is 12.3. The molecule has 3 aromatic rings. The first-order valence-electron chi connectivity index (χ1n) is 10.9. The summed E-state index contributed by atoms with van der Waals surface area (Å²) in [7, 11) is 0. The van der Waals surface area contributed by atoms with Gasteiger partial charge in [-0.05, 0) is 53.6 Å². The van der Waals surface area contributed by atoms with E-state index in [-0.39, 0.29) is 23.1 Å². The molecule has 0 radical (unpaired) electrons. The van der Waals surface area contributed by atoms with E-state index in [4.69, 9.17) is 28.6 Å². The average molecular weight is 538 g/mol. The molecule has 1 aliphatic heterocycles. The van der Waals surface area contributed by atoms with Crippen molar-refractivity contribution in [1.82, 2.24) is 4.90 Å². The summed E-state index contributed by atoms with van der Waals surface area (Å²) < 4.78 is 5.78. The summed E-state index contributed by atoms with van der Waals surface area (Å²) in [6.07, 6.45) is 1.81. The molecule has 3 aromatic carbocycles. The molecule has 1 fully saturated rings. The second kappa shape index (κ2) is 11.5. The highest BCUT2D eigenvalue weighted by Crippen LogP contribution is 2.35. The maximum Gasteiger partial charge on any atom is 0.327 e. The van der Waals surface area contributed by atoms with Crippen LogP contribution in [0, 0.1) is 0 Å². The molecule has 1 aliphatic rings. The molecule has 182 valence electrons. The number of carbonyl (C=O) groups excluding carboxylic acids is 2. The van der Waals surface area contributed by atoms with Gasteiger partial charge in [0.1, 0.15) is 16.1 Å². The van der Waals surface area contributed by atoms with Gasteiger partial charge < -0.3 is 9.84 Å². The second-order valence-electron chi connectivity index (χ2n) is 7.88. The van der Waals surface area contributed by atoms with Crippen LogP contribution in [0.25, 0.3) is 6.08 Å². The number of ether oxygens (including phenoxy) is 1. The third-order valence-electron chi connectivity index (χ3n) is 5.41. The lowest BCUT2D eigenvalue weighted by Gasteiger charge is -2.23. The Morgan fingerprint density at radius 2 is 1.69 bits per heavy atom. The number of nitrogens with zero attached hydrogens (tertiary/aromatic N) is 1. The van der Waals surface area contributed by atoms with Crippen LogP contribution < -0.4 is 4.74 Å². The minimum atomic E-state index is -1.12. The molecule has 1 saturated heterocycles. The first-order valence-corrected chi connectivity index (χ1v) is 12.5. The summed E-state index contributed by atoms with van der Waals surface area (Å²) in [4.78, 5) is 38.8. The molecule has 0 aliphatic carbocycles. The fraction of sp³-hybridized carbons (Fsp3) is 0.111. The van der Waals surface area contributed by atoms with Crippen molar-refractivity contribution in [2.45, 2.75) is 12.5 Å². The molecule has 1 N–H and O–H groups in total. The predicted molar refractivity (Wildman–Crippen MR) is 144 cm³/mol. The third kappa shape index (κ3) is 6.20. The van der Waals surface area contributed by atoms with Crippen LogP contribution in [-0.2, 0) is 16.0 Å². The van der Waals surface area contributed by atoms with Crippen molar-refractivity contribution in [3.05, 3.63) is 105 Å². The number of amides is 1. The highest BCUT2D eigenvalue weighted by atomic mass is 35.5. The highest BCUT2D eigenvalue weighted by Gasteiger charge is 2.40. The summed E-state index contributed by atoms with van der Waals surface area (Å²) in [5.74, 6) is -1.24. The van der Waals surface area contributed by atoms with E-state index in [1.807, 2.05) is 30.3 Å². The third-order valence-corrected chi connectivity index (χ3v) is 6.99. The van der Waals surface area contributed by atoms with Crippen LogP contribution in [0.2, 0.25) is 5.02 Å². The summed E-state index contributed by atoms with van der Waals surface area (Å²) in [5.41, 5.74) is 2.01. The van der Waals surface area contributed by atoms with Gasteiger partial charge in [0, 0.05) is 17.0 Å². The Balaban J connectivity index is 1.42. The van der Waals surface area contributed by atoms with Gasteiger partial charge in [0.05, 0.1) is 4.91 Å². The fourth-order valence-corrected chi connectivity index (χ4v) is 5.04. The van der Waals surface area contributed by atoms with Crippen LogP contribution in [0.1, 0.15) is 21.5 Å². The van der Waals surface area contributed by atoms with Crippen molar-refractivity contribution >= 4 is 63.6 Å². The lowest BCUT2D eigenvalue weighted by Crippen LogP contribution is -2.45. The molecular weight excluding hydrogens is 518 g/mol. The van der Waals surface area contributed by atoms with E-state index in [9.17, 15) is 19.5 Å². The number of carboxylic acid groups (broad SMARTS) is 1. The van der Waals surface area contributed by atoms with Gasteiger partial charge >= 0.3 is 5.97 Å². The first-order chi connectivity index (χ1) is 17.3. The van der Waals surface area contributed by atoms with E-state index in [0.717, 1.165) is 17.3 Å². The minimum Gasteiger partial charge on any atom is -0.485 e. The Labute approximate surface area is 222 Å². The number of carbonyl (C=O) groups is 3. The molecule has 0 bridgehead atoms. The number of carboxylic acids is 1. The van der Waals surface area contributed by atoms with Crippen LogP contribution in [0.5, 0.6) is 5.75 Å². The summed E-state index contributed by atoms with van der Waals surface area (Å²) in [6, 6.07) is 21.5. The van der Waals surface area contributed by atoms with E-state index in [2.05, 4.69) is 0 Å². The molecule has 0 saturated carbocycles. The molecule has 4 rings (SSSR count). The van der Waals surface area contributed by atoms with E-state index in [0.29, 0.717) is 26.8 Å². The van der Waals surface area contributed by atoms with E-state index in [1.54, 1.807) is 54.6 Å². The summed E-state index contributed by atoms with van der Waals surface area (Å²) in [5, 5.41) is 10.3. The molecule has 0 spiro atoms. The second-order valence-corrected chi connectivity index (χ2v) is 10.00. The quantitative estimate of drug-likeness (QED) is 0.219. The number of thioether (sulfide) groups is 1. The van der Waals surface area contributed by atoms with Crippen molar-refractivity contribution < 1.29 is 24.2 Å². The molecular formula is C27H20ClNO5S2. The van der Waals surface area contributed by atoms with Crippen molar-refractivity contribution in [3.8, 4) is 5.75 Å². The SMILES string of the molecule is O=C(COc1ccc(/C=C2\SC(=S)N([C@@H](Cc3ccccc3)C(=O)O)C2=O)cc1)c1ccc(Cl)cc1. The molecule has 0 aromatic heterocycles. The average Bonchev–Trinajstić information content (AvgIpc) is 3.15. The van der Waals surface area contributed by atoms with Crippen molar-refractivity contribution in [3.63, 3.8) is 0 Å². The van der Waals surface area contributed by atoms with Gasteiger partial charge in [0.25, 0.3) is 5.91 Å². The number of thiocarbonyl (C=S) groups is 1. The van der Waals surface area contributed by atoms with Crippen LogP contribution in [-0.4, -0.2) is 44.6 Å². The van der Waals surface area contributed by atoms with Crippen LogP contribution >= 0.6 is 35.6 Å². The zero-order valence-electron chi connectivity index (χ0n) is 18.8. The van der Waals surface area contributed by atoms with Crippen molar-refractivity contribution in [1.29, 1.82) is 0 Å². The van der Waals surface area contributed by atoms with Crippen LogP contribution in [0.15, 0.2) is 83.8 Å². The van der Waals surface area contributed by atoms with Gasteiger partial charge in [-0.15, -0.1) is 0 Å². The smallest absolute Gasteiger partial charge is 0.327 e. The number of hydrogen-bond acceptors (Lipinski definition) is 6. The van der Waals surface area contributed by atoms with Gasteiger partial charge in [-0.1, -0.05) is 78.0 Å². The number of aliphatic carboxylic acids is 1. The van der Waals surface area contributed by atoms with Gasteiger partial charge in [-0.25, -0.2) is 4.79 Å². The Hall–Kier alpha value is -3.46. The number of Topliss-reactive ketones (excluding diaryl/α,β-unsaturated/α-hetero) is 1. The fourth-order valence-electron chi connectivity index (χ4n) is 3.55. The lowest BCUT2D eigenvalue weighted by atomic mass is 10.0. The summed E-state index contributed by atoms with van der Waals surface area (Å²) in [6.45, 7) is -0.127. The van der Waals surface area contributed by atoms with Crippen LogP contribution in [0.3, 0.4) is 0 Å². The molecule has 9 heteroatoms. The molecule has 1 atom stereocenters. The number of rotatable bonds is 9. The highest BCUT2D eigenvalue weighted by molar-refractivity contribution is 8.26. The normalized spacial score (nSPS) is 15.2. The minimum absolute atomic E-state index is 0.127. The Morgan fingerprint density at radius 3 is 2.33 bits per heavy atom. The Morgan fingerprint density at radius 1 is 1.03 bits per heavy atom. The number of halogens is 1. The Bertz CT molecular complexity index is 1320. The standard InChI is InChI=1S/C27H20ClNO5S2/c28-20-10-8-19(9-11-20)23(30)16-34-21-12-6-18(7-13-21)15-24-25(31)29(27(35)36-24)22(26(32)33)14-17-4-2-1-3-5-17/h1-13,15,22H,14,16H2,(H,32,33)/b24-15-/t22-/m0/s1. The maximum atomic E-state index is 13.1. The first kappa shape index (κ1) is 25.6. The zero-order chi connectivity index (χ0) is 25.7. The Kier molecular flexibility index (Phi) is 8.20. The van der Waals surface area contributed by atoms with E-state index < -0.39 is 17.9 Å². The molecule has 36 heavy (non-hydrogen) atoms. The van der Waals surface area contributed by atoms with Gasteiger partial charge in [-0.3, -0.25) is 14.5 Å². The molecule has 1 heterocycles. The monoisotopic (exact) mass is 537 g/mol. The van der Waals surface area contributed by atoms with E-state index >= 15 is 0 Å². The molecule has 0 unspecified atom stereocenters. The zero-order valence-corrected chi connectivity index (χ0v) is 21.2.